The molecule has 0 fully saturated rings. The molecule has 3 aromatic rings. The molecule has 0 bridgehead atoms. The number of aliphatic imine (C=N–C) groups is 1. The number of ether oxygens (including phenoxy) is 2. The molecule has 0 aliphatic carbocycles. The Morgan fingerprint density at radius 2 is 1.69 bits per heavy atom. The van der Waals surface area contributed by atoms with Gasteiger partial charge in [0, 0.05) is 12.4 Å². The van der Waals surface area contributed by atoms with Crippen LogP contribution in [-0.2, 0) is 23.9 Å². The topological polar surface area (TPSA) is 119 Å². The first-order valence-corrected chi connectivity index (χ1v) is 12.6. The summed E-state index contributed by atoms with van der Waals surface area (Å²) >= 11 is 0. The van der Waals surface area contributed by atoms with E-state index in [1.165, 1.54) is 13.3 Å². The third-order valence-electron chi connectivity index (χ3n) is 6.21. The highest BCUT2D eigenvalue weighted by Gasteiger charge is 2.41. The Balaban J connectivity index is 1.40. The Morgan fingerprint density at radius 3 is 2.36 bits per heavy atom. The summed E-state index contributed by atoms with van der Waals surface area (Å²) in [5.41, 5.74) is 1.32. The summed E-state index contributed by atoms with van der Waals surface area (Å²) in [4.78, 5) is 46.7. The summed E-state index contributed by atoms with van der Waals surface area (Å²) in [7, 11) is 1.30. The zero-order valence-corrected chi connectivity index (χ0v) is 21.6. The van der Waals surface area contributed by atoms with Gasteiger partial charge < -0.3 is 20.1 Å². The van der Waals surface area contributed by atoms with E-state index in [9.17, 15) is 14.4 Å². The lowest BCUT2D eigenvalue weighted by Gasteiger charge is -2.24. The fourth-order valence-electron chi connectivity index (χ4n) is 4.16. The monoisotopic (exact) mass is 526 g/mol. The molecule has 4 rings (SSSR count). The van der Waals surface area contributed by atoms with E-state index < -0.39 is 29.4 Å². The summed E-state index contributed by atoms with van der Waals surface area (Å²) in [6.07, 6.45) is 5.94. The smallest absolute Gasteiger partial charge is 0.338 e. The van der Waals surface area contributed by atoms with Gasteiger partial charge in [0.1, 0.15) is 12.4 Å². The molecule has 1 aliphatic rings. The third-order valence-corrected chi connectivity index (χ3v) is 6.21. The summed E-state index contributed by atoms with van der Waals surface area (Å²) < 4.78 is 10.3. The third kappa shape index (κ3) is 7.38. The number of anilines is 1. The van der Waals surface area contributed by atoms with Gasteiger partial charge in [-0.2, -0.15) is 0 Å². The number of nitrogens with one attached hydrogen (secondary N) is 2. The number of methoxy groups -OCH3 is 1. The van der Waals surface area contributed by atoms with Gasteiger partial charge in [0.2, 0.25) is 5.91 Å². The number of hydrogen-bond acceptors (Lipinski definition) is 8. The van der Waals surface area contributed by atoms with E-state index in [4.69, 9.17) is 9.47 Å². The molecule has 0 saturated carbocycles. The fourth-order valence-corrected chi connectivity index (χ4v) is 4.16. The number of allylic oxidation sites excluding steroid dienone is 1. The number of esters is 2. The Morgan fingerprint density at radius 1 is 0.949 bits per heavy atom. The van der Waals surface area contributed by atoms with Crippen molar-refractivity contribution in [2.75, 3.05) is 25.6 Å². The first-order chi connectivity index (χ1) is 19.0. The number of benzene rings is 2. The predicted molar refractivity (Wildman–Crippen MR) is 148 cm³/mol. The highest BCUT2D eigenvalue weighted by atomic mass is 16.5. The molecule has 1 aliphatic heterocycles. The normalized spacial score (nSPS) is 16.3. The van der Waals surface area contributed by atoms with E-state index in [2.05, 4.69) is 20.6 Å². The van der Waals surface area contributed by atoms with Gasteiger partial charge in [-0.3, -0.25) is 14.6 Å². The number of carbonyl (C=O) groups excluding carboxylic acids is 3. The van der Waals surface area contributed by atoms with Crippen LogP contribution < -0.4 is 10.6 Å². The molecule has 0 radical (unpaired) electrons. The van der Waals surface area contributed by atoms with Gasteiger partial charge in [-0.05, 0) is 41.0 Å². The maximum Gasteiger partial charge on any atom is 0.338 e. The number of rotatable bonds is 12. The minimum atomic E-state index is -1.47. The molecule has 1 aromatic heterocycles. The second kappa shape index (κ2) is 13.1. The number of amides is 1. The van der Waals surface area contributed by atoms with Crippen LogP contribution in [0.2, 0.25) is 0 Å². The number of pyridine rings is 1. The summed E-state index contributed by atoms with van der Waals surface area (Å²) in [6, 6.07) is 22.3. The van der Waals surface area contributed by atoms with Crippen molar-refractivity contribution in [2.45, 2.75) is 24.4 Å². The second-order valence-corrected chi connectivity index (χ2v) is 8.90. The van der Waals surface area contributed by atoms with E-state index in [1.54, 1.807) is 30.5 Å². The molecular formula is C30H30N4O5. The van der Waals surface area contributed by atoms with Crippen molar-refractivity contribution < 1.29 is 23.9 Å². The first-order valence-electron chi connectivity index (χ1n) is 12.6. The maximum atomic E-state index is 13.2. The van der Waals surface area contributed by atoms with Crippen LogP contribution in [0.15, 0.2) is 96.1 Å². The average molecular weight is 527 g/mol. The highest BCUT2D eigenvalue weighted by molar-refractivity contribution is 5.96. The summed E-state index contributed by atoms with van der Waals surface area (Å²) in [5.74, 6) is -0.902. The van der Waals surface area contributed by atoms with Gasteiger partial charge in [0.15, 0.2) is 5.54 Å². The van der Waals surface area contributed by atoms with Crippen LogP contribution in [0, 0.1) is 0 Å². The molecule has 2 unspecified atom stereocenters. The van der Waals surface area contributed by atoms with Crippen LogP contribution in [0.25, 0.3) is 11.1 Å². The minimum absolute atomic E-state index is 0.0668. The molecule has 1 amide bonds. The van der Waals surface area contributed by atoms with Gasteiger partial charge in [0.25, 0.3) is 0 Å². The Kier molecular flexibility index (Phi) is 9.18. The van der Waals surface area contributed by atoms with Crippen LogP contribution in [0.4, 0.5) is 5.82 Å². The Bertz CT molecular complexity index is 1310. The molecule has 2 N–H and O–H groups in total. The molecule has 0 spiro atoms. The Labute approximate surface area is 227 Å². The molecule has 39 heavy (non-hydrogen) atoms. The molecule has 2 aromatic carbocycles. The van der Waals surface area contributed by atoms with Crippen molar-refractivity contribution in [2.24, 2.45) is 4.99 Å². The van der Waals surface area contributed by atoms with E-state index in [1.807, 2.05) is 60.7 Å². The van der Waals surface area contributed by atoms with Gasteiger partial charge in [-0.25, -0.2) is 9.78 Å². The van der Waals surface area contributed by atoms with Gasteiger partial charge >= 0.3 is 11.9 Å². The fraction of sp³-hybridized carbons (Fsp3) is 0.233. The quantitative estimate of drug-likeness (QED) is 0.271. The molecular weight excluding hydrogens is 496 g/mol. The molecule has 2 atom stereocenters. The predicted octanol–water partition coefficient (Wildman–Crippen LogP) is 3.89. The van der Waals surface area contributed by atoms with Crippen LogP contribution in [0.5, 0.6) is 0 Å². The van der Waals surface area contributed by atoms with Crippen LogP contribution >= 0.6 is 0 Å². The highest BCUT2D eigenvalue weighted by Crippen LogP contribution is 2.27. The number of nitrogens with zero attached hydrogens (tertiary/aromatic N) is 2. The van der Waals surface area contributed by atoms with Crippen LogP contribution in [0.3, 0.4) is 0 Å². The van der Waals surface area contributed by atoms with Crippen molar-refractivity contribution in [3.63, 3.8) is 0 Å². The molecule has 2 heterocycles. The summed E-state index contributed by atoms with van der Waals surface area (Å²) in [5, 5.41) is 5.94. The largest absolute Gasteiger partial charge is 0.469 e. The zero-order chi connectivity index (χ0) is 27.5. The lowest BCUT2D eigenvalue weighted by atomic mass is 9.95. The van der Waals surface area contributed by atoms with Crippen molar-refractivity contribution in [3.8, 4) is 11.1 Å². The lowest BCUT2D eigenvalue weighted by molar-refractivity contribution is -0.149. The SMILES string of the molecule is COC(=O)CC(NC(=O)CC1(C(=O)OCCNc2ccccn2)C=CC=N1)c1ccc(-c2ccccc2)cc1. The van der Waals surface area contributed by atoms with E-state index in [0.717, 1.165) is 16.7 Å². The molecule has 200 valence electrons. The molecule has 0 saturated heterocycles. The zero-order valence-electron chi connectivity index (χ0n) is 21.6. The maximum absolute atomic E-state index is 13.2. The van der Waals surface area contributed by atoms with Crippen molar-refractivity contribution in [3.05, 3.63) is 96.7 Å². The van der Waals surface area contributed by atoms with E-state index >= 15 is 0 Å². The average Bonchev–Trinajstić information content (AvgIpc) is 3.45. The van der Waals surface area contributed by atoms with E-state index in [-0.39, 0.29) is 19.4 Å². The minimum Gasteiger partial charge on any atom is -0.469 e. The number of hydrogen-bond donors (Lipinski definition) is 2. The number of aromatic nitrogens is 1. The Hall–Kier alpha value is -4.79. The molecule has 9 heteroatoms. The van der Waals surface area contributed by atoms with Crippen LogP contribution in [0.1, 0.15) is 24.4 Å². The van der Waals surface area contributed by atoms with Gasteiger partial charge in [-0.1, -0.05) is 60.7 Å². The lowest BCUT2D eigenvalue weighted by Crippen LogP contribution is -2.42. The summed E-state index contributed by atoms with van der Waals surface area (Å²) in [6.45, 7) is 0.416. The first kappa shape index (κ1) is 27.3. The molecule has 9 nitrogen and oxygen atoms in total. The van der Waals surface area contributed by atoms with Crippen molar-refractivity contribution >= 4 is 29.9 Å². The van der Waals surface area contributed by atoms with Crippen molar-refractivity contribution in [1.29, 1.82) is 0 Å². The van der Waals surface area contributed by atoms with Crippen LogP contribution in [-0.4, -0.2) is 54.8 Å². The van der Waals surface area contributed by atoms with Gasteiger partial charge in [-0.15, -0.1) is 0 Å². The number of carbonyl (C=O) groups is 3. The van der Waals surface area contributed by atoms with E-state index in [0.29, 0.717) is 12.4 Å². The second-order valence-electron chi connectivity index (χ2n) is 8.90. The van der Waals surface area contributed by atoms with Gasteiger partial charge in [0.05, 0.1) is 32.5 Å². The van der Waals surface area contributed by atoms with Crippen molar-refractivity contribution in [1.82, 2.24) is 10.3 Å². The standard InChI is InChI=1S/C30H30N4O5/c1-38-28(36)20-25(24-13-11-23(12-14-24)22-8-3-2-4-9-22)34-27(35)21-30(15-7-17-33-30)29(37)39-19-18-32-26-10-5-6-16-31-26/h2-17,25H,18-21H2,1H3,(H,31,32)(H,34,35).